The molecule has 0 aromatic rings. The summed E-state index contributed by atoms with van der Waals surface area (Å²) in [5.41, 5.74) is 1.86. The van der Waals surface area contributed by atoms with Crippen LogP contribution in [0.1, 0.15) is 128 Å². The average molecular weight is 339 g/mol. The molecule has 0 aromatic heterocycles. The second-order valence-electron chi connectivity index (χ2n) is 12.5. The molecule has 0 saturated heterocycles. The maximum atomic E-state index is 2.48. The van der Waals surface area contributed by atoms with Crippen LogP contribution < -0.4 is 0 Å². The van der Waals surface area contributed by atoms with Crippen LogP contribution in [0.25, 0.3) is 0 Å². The van der Waals surface area contributed by atoms with E-state index in [4.69, 9.17) is 0 Å². The summed E-state index contributed by atoms with van der Waals surface area (Å²) in [5, 5.41) is 0. The first-order valence-electron chi connectivity index (χ1n) is 10.6. The number of hydrogen-bond acceptors (Lipinski definition) is 0. The van der Waals surface area contributed by atoms with E-state index in [0.717, 1.165) is 5.92 Å². The zero-order chi connectivity index (χ0) is 19.2. The largest absolute Gasteiger partial charge is 0.0651 e. The summed E-state index contributed by atoms with van der Waals surface area (Å²) in [6.45, 7) is 26.5. The molecule has 1 atom stereocenters. The van der Waals surface area contributed by atoms with Crippen LogP contribution in [-0.2, 0) is 0 Å². The van der Waals surface area contributed by atoms with Crippen molar-refractivity contribution in [2.75, 3.05) is 0 Å². The molecule has 0 heterocycles. The van der Waals surface area contributed by atoms with Crippen molar-refractivity contribution in [2.45, 2.75) is 128 Å². The molecule has 0 aliphatic rings. The summed E-state index contributed by atoms with van der Waals surface area (Å²) in [6.07, 6.45) is 11.0. The Kier molecular flexibility index (Phi) is 9.09. The summed E-state index contributed by atoms with van der Waals surface area (Å²) in [4.78, 5) is 0. The number of hydrogen-bond donors (Lipinski definition) is 0. The van der Waals surface area contributed by atoms with Crippen LogP contribution in [0.5, 0.6) is 0 Å². The van der Waals surface area contributed by atoms with E-state index in [1.807, 2.05) is 0 Å². The maximum Gasteiger partial charge on any atom is -0.0347 e. The Morgan fingerprint density at radius 2 is 1.08 bits per heavy atom. The smallest absolute Gasteiger partial charge is 0.0347 e. The van der Waals surface area contributed by atoms with Crippen molar-refractivity contribution in [1.29, 1.82) is 0 Å². The van der Waals surface area contributed by atoms with E-state index in [1.54, 1.807) is 0 Å². The monoisotopic (exact) mass is 338 g/mol. The van der Waals surface area contributed by atoms with E-state index in [1.165, 1.54) is 51.4 Å². The van der Waals surface area contributed by atoms with Crippen LogP contribution in [-0.4, -0.2) is 0 Å². The first kappa shape index (κ1) is 24.0. The highest BCUT2D eigenvalue weighted by atomic mass is 14.3. The van der Waals surface area contributed by atoms with Gasteiger partial charge < -0.3 is 0 Å². The van der Waals surface area contributed by atoms with Gasteiger partial charge in [0.2, 0.25) is 0 Å². The lowest BCUT2D eigenvalue weighted by Crippen LogP contribution is -2.24. The molecule has 0 aromatic carbocycles. The highest BCUT2D eigenvalue weighted by Crippen LogP contribution is 2.40. The Bertz CT molecular complexity index is 332. The van der Waals surface area contributed by atoms with Gasteiger partial charge in [-0.2, -0.15) is 0 Å². The Hall–Kier alpha value is 0. The highest BCUT2D eigenvalue weighted by molar-refractivity contribution is 4.80. The molecule has 0 nitrogen and oxygen atoms in total. The second kappa shape index (κ2) is 9.09. The van der Waals surface area contributed by atoms with Gasteiger partial charge in [0.15, 0.2) is 0 Å². The third kappa shape index (κ3) is 13.3. The molecule has 0 saturated carbocycles. The van der Waals surface area contributed by atoms with Crippen molar-refractivity contribution in [3.8, 4) is 0 Å². The first-order valence-corrected chi connectivity index (χ1v) is 10.6. The summed E-state index contributed by atoms with van der Waals surface area (Å²) < 4.78 is 0. The number of unbranched alkanes of at least 4 members (excludes halogenated alkanes) is 1. The first-order chi connectivity index (χ1) is 10.6. The lowest BCUT2D eigenvalue weighted by molar-refractivity contribution is 0.160. The van der Waals surface area contributed by atoms with Crippen LogP contribution in [0.2, 0.25) is 0 Å². The zero-order valence-corrected chi connectivity index (χ0v) is 19.2. The van der Waals surface area contributed by atoms with Crippen LogP contribution in [0.4, 0.5) is 0 Å². The summed E-state index contributed by atoms with van der Waals surface area (Å²) in [5.74, 6) is 0.910. The fourth-order valence-electron chi connectivity index (χ4n) is 5.30. The summed E-state index contributed by atoms with van der Waals surface area (Å²) in [7, 11) is 0. The van der Waals surface area contributed by atoms with Gasteiger partial charge in [-0.15, -0.1) is 0 Å². The maximum absolute atomic E-state index is 2.48. The average Bonchev–Trinajstić information content (AvgIpc) is 2.26. The van der Waals surface area contributed by atoms with Crippen molar-refractivity contribution in [3.05, 3.63) is 0 Å². The van der Waals surface area contributed by atoms with Crippen molar-refractivity contribution >= 4 is 0 Å². The Morgan fingerprint density at radius 1 is 0.625 bits per heavy atom. The van der Waals surface area contributed by atoms with Gasteiger partial charge in [0, 0.05) is 0 Å². The van der Waals surface area contributed by atoms with E-state index in [-0.39, 0.29) is 0 Å². The molecule has 1 unspecified atom stereocenters. The van der Waals surface area contributed by atoms with Crippen LogP contribution >= 0.6 is 0 Å². The standard InChI is InChI=1S/C24H50/c1-12-20(17-24(10,11)19-22(5,6)7)15-13-14-16-23(8,9)18-21(2,3)4/h20H,12-19H2,1-11H3. The quantitative estimate of drug-likeness (QED) is 0.349. The molecule has 0 bridgehead atoms. The Morgan fingerprint density at radius 3 is 1.50 bits per heavy atom. The van der Waals surface area contributed by atoms with Gasteiger partial charge in [0.05, 0.1) is 0 Å². The molecule has 0 spiro atoms. The molecule has 0 amide bonds. The fourth-order valence-corrected chi connectivity index (χ4v) is 5.30. The van der Waals surface area contributed by atoms with Crippen LogP contribution in [0, 0.1) is 27.6 Å². The van der Waals surface area contributed by atoms with Crippen molar-refractivity contribution < 1.29 is 0 Å². The third-order valence-corrected chi connectivity index (χ3v) is 5.15. The SMILES string of the molecule is CCC(CCCCC(C)(C)CC(C)(C)C)CC(C)(C)CC(C)(C)C. The predicted octanol–water partition coefficient (Wildman–Crippen LogP) is 8.89. The van der Waals surface area contributed by atoms with Gasteiger partial charge in [0.1, 0.15) is 0 Å². The van der Waals surface area contributed by atoms with Crippen molar-refractivity contribution in [1.82, 2.24) is 0 Å². The molecule has 0 aliphatic carbocycles. The normalized spacial score (nSPS) is 15.6. The number of rotatable bonds is 10. The minimum Gasteiger partial charge on any atom is -0.0651 e. The Balaban J connectivity index is 4.28. The summed E-state index contributed by atoms with van der Waals surface area (Å²) in [6, 6.07) is 0. The molecular formula is C24H50. The predicted molar refractivity (Wildman–Crippen MR) is 113 cm³/mol. The molecule has 146 valence electrons. The molecule has 0 aliphatic heterocycles. The van der Waals surface area contributed by atoms with E-state index < -0.39 is 0 Å². The van der Waals surface area contributed by atoms with E-state index in [2.05, 4.69) is 76.2 Å². The van der Waals surface area contributed by atoms with Crippen LogP contribution in [0.15, 0.2) is 0 Å². The highest BCUT2D eigenvalue weighted by Gasteiger charge is 2.28. The van der Waals surface area contributed by atoms with E-state index in [0.29, 0.717) is 21.7 Å². The second-order valence-corrected chi connectivity index (χ2v) is 12.5. The van der Waals surface area contributed by atoms with Gasteiger partial charge >= 0.3 is 0 Å². The third-order valence-electron chi connectivity index (χ3n) is 5.15. The molecule has 0 N–H and O–H groups in total. The lowest BCUT2D eigenvalue weighted by Gasteiger charge is -2.35. The van der Waals surface area contributed by atoms with Gasteiger partial charge in [-0.1, -0.05) is 102 Å². The van der Waals surface area contributed by atoms with Gasteiger partial charge in [-0.25, -0.2) is 0 Å². The minimum atomic E-state index is 0.443. The lowest BCUT2D eigenvalue weighted by atomic mass is 9.70. The van der Waals surface area contributed by atoms with Crippen LogP contribution in [0.3, 0.4) is 0 Å². The molecule has 24 heavy (non-hydrogen) atoms. The molecule has 0 radical (unpaired) electrons. The topological polar surface area (TPSA) is 0 Å². The zero-order valence-electron chi connectivity index (χ0n) is 19.2. The fraction of sp³-hybridized carbons (Fsp3) is 1.00. The van der Waals surface area contributed by atoms with E-state index in [9.17, 15) is 0 Å². The molecule has 0 rings (SSSR count). The molecule has 0 fully saturated rings. The van der Waals surface area contributed by atoms with Gasteiger partial charge in [-0.05, 0) is 53.3 Å². The minimum absolute atomic E-state index is 0.443. The molecular weight excluding hydrogens is 288 g/mol. The van der Waals surface area contributed by atoms with Crippen molar-refractivity contribution in [2.24, 2.45) is 27.6 Å². The van der Waals surface area contributed by atoms with Gasteiger partial charge in [-0.3, -0.25) is 0 Å². The Labute approximate surface area is 155 Å². The van der Waals surface area contributed by atoms with Crippen molar-refractivity contribution in [3.63, 3.8) is 0 Å². The molecule has 0 heteroatoms. The summed E-state index contributed by atoms with van der Waals surface area (Å²) >= 11 is 0. The van der Waals surface area contributed by atoms with Gasteiger partial charge in [0.25, 0.3) is 0 Å². The van der Waals surface area contributed by atoms with E-state index >= 15 is 0 Å².